The lowest BCUT2D eigenvalue weighted by Gasteiger charge is -2.15. The Hall–Kier alpha value is -1.06. The second kappa shape index (κ2) is 6.59. The molecular formula is C17H23NOS. The van der Waals surface area contributed by atoms with Crippen molar-refractivity contribution in [2.75, 3.05) is 6.54 Å². The van der Waals surface area contributed by atoms with Crippen molar-refractivity contribution in [3.8, 4) is 0 Å². The molecule has 2 nitrogen and oxygen atoms in total. The van der Waals surface area contributed by atoms with Crippen molar-refractivity contribution >= 4 is 11.3 Å². The Morgan fingerprint density at radius 2 is 2.20 bits per heavy atom. The number of thiophene rings is 1. The molecule has 1 N–H and O–H groups in total. The summed E-state index contributed by atoms with van der Waals surface area (Å²) in [5, 5.41) is 3.63. The fraction of sp³-hybridized carbons (Fsp3) is 0.529. The zero-order chi connectivity index (χ0) is 13.8. The predicted molar refractivity (Wildman–Crippen MR) is 84.4 cm³/mol. The first-order valence-electron chi connectivity index (χ1n) is 7.72. The van der Waals surface area contributed by atoms with Crippen LogP contribution >= 0.6 is 11.3 Å². The fourth-order valence-corrected chi connectivity index (χ4v) is 4.36. The van der Waals surface area contributed by atoms with Gasteiger partial charge in [-0.15, -0.1) is 11.3 Å². The molecule has 2 aromatic heterocycles. The highest BCUT2D eigenvalue weighted by molar-refractivity contribution is 7.12. The van der Waals surface area contributed by atoms with Gasteiger partial charge < -0.3 is 9.73 Å². The molecule has 0 fully saturated rings. The monoisotopic (exact) mass is 289 g/mol. The minimum absolute atomic E-state index is 0.425. The first kappa shape index (κ1) is 13.9. The van der Waals surface area contributed by atoms with Crippen molar-refractivity contribution in [2.24, 2.45) is 0 Å². The van der Waals surface area contributed by atoms with Gasteiger partial charge in [0, 0.05) is 15.8 Å². The summed E-state index contributed by atoms with van der Waals surface area (Å²) in [5.41, 5.74) is 2.89. The number of fused-ring (bicyclic) bond motifs is 1. The molecule has 3 rings (SSSR count). The molecule has 1 unspecified atom stereocenters. The van der Waals surface area contributed by atoms with Crippen molar-refractivity contribution in [3.05, 3.63) is 45.5 Å². The van der Waals surface area contributed by atoms with E-state index in [0.717, 1.165) is 13.0 Å². The molecule has 1 aliphatic carbocycles. The average Bonchev–Trinajstić information content (AvgIpc) is 3.04. The molecule has 0 aliphatic heterocycles. The number of nitrogens with one attached hydrogen (secondary N) is 1. The maximum Gasteiger partial charge on any atom is 0.0935 e. The highest BCUT2D eigenvalue weighted by Crippen LogP contribution is 2.33. The van der Waals surface area contributed by atoms with Crippen LogP contribution in [-0.2, 0) is 19.3 Å². The van der Waals surface area contributed by atoms with E-state index in [4.69, 9.17) is 4.42 Å². The van der Waals surface area contributed by atoms with Crippen molar-refractivity contribution in [2.45, 2.75) is 51.5 Å². The van der Waals surface area contributed by atoms with Gasteiger partial charge in [0.1, 0.15) is 0 Å². The maximum atomic E-state index is 5.20. The maximum absolute atomic E-state index is 5.20. The van der Waals surface area contributed by atoms with Crippen molar-refractivity contribution in [1.82, 2.24) is 5.32 Å². The van der Waals surface area contributed by atoms with Gasteiger partial charge in [-0.05, 0) is 61.9 Å². The Balaban J connectivity index is 1.80. The largest absolute Gasteiger partial charge is 0.472 e. The Kier molecular flexibility index (Phi) is 4.58. The first-order chi connectivity index (χ1) is 9.86. The zero-order valence-electron chi connectivity index (χ0n) is 12.2. The predicted octanol–water partition coefficient (Wildman–Crippen LogP) is 4.50. The summed E-state index contributed by atoms with van der Waals surface area (Å²) in [4.78, 5) is 3.13. The topological polar surface area (TPSA) is 25.2 Å². The highest BCUT2D eigenvalue weighted by atomic mass is 32.1. The van der Waals surface area contributed by atoms with Crippen LogP contribution < -0.4 is 5.32 Å². The minimum Gasteiger partial charge on any atom is -0.472 e. The van der Waals surface area contributed by atoms with E-state index in [2.05, 4.69) is 24.4 Å². The molecule has 3 heteroatoms. The van der Waals surface area contributed by atoms with E-state index in [0.29, 0.717) is 6.04 Å². The Morgan fingerprint density at radius 3 is 3.00 bits per heavy atom. The molecule has 1 atom stereocenters. The third-order valence-corrected chi connectivity index (χ3v) is 5.43. The molecule has 20 heavy (non-hydrogen) atoms. The van der Waals surface area contributed by atoms with Crippen LogP contribution in [0.15, 0.2) is 29.1 Å². The lowest BCUT2D eigenvalue weighted by atomic mass is 10.1. The van der Waals surface area contributed by atoms with Crippen LogP contribution in [0.4, 0.5) is 0 Å². The Morgan fingerprint density at radius 1 is 1.30 bits per heavy atom. The van der Waals surface area contributed by atoms with Crippen LogP contribution in [0.2, 0.25) is 0 Å². The fourth-order valence-electron chi connectivity index (χ4n) is 3.03. The van der Waals surface area contributed by atoms with Gasteiger partial charge >= 0.3 is 0 Å². The molecule has 2 aromatic rings. The molecule has 108 valence electrons. The molecule has 0 aromatic carbocycles. The van der Waals surface area contributed by atoms with E-state index >= 15 is 0 Å². The summed E-state index contributed by atoms with van der Waals surface area (Å²) in [5.74, 6) is 0. The first-order valence-corrected chi connectivity index (χ1v) is 8.54. The molecule has 0 saturated carbocycles. The molecule has 0 bridgehead atoms. The summed E-state index contributed by atoms with van der Waals surface area (Å²) in [6, 6.07) is 4.95. The van der Waals surface area contributed by atoms with Gasteiger partial charge in [-0.3, -0.25) is 0 Å². The summed E-state index contributed by atoms with van der Waals surface area (Å²) in [6.07, 6.45) is 11.3. The number of aryl methyl sites for hydroxylation is 2. The lowest BCUT2D eigenvalue weighted by Crippen LogP contribution is -2.21. The van der Waals surface area contributed by atoms with Crippen LogP contribution in [0.25, 0.3) is 0 Å². The van der Waals surface area contributed by atoms with Gasteiger partial charge in [0.2, 0.25) is 0 Å². The van der Waals surface area contributed by atoms with Crippen LogP contribution in [0.3, 0.4) is 0 Å². The highest BCUT2D eigenvalue weighted by Gasteiger charge is 2.18. The summed E-state index contributed by atoms with van der Waals surface area (Å²) >= 11 is 2.03. The van der Waals surface area contributed by atoms with Gasteiger partial charge in [-0.2, -0.15) is 0 Å². The smallest absolute Gasteiger partial charge is 0.0935 e. The average molecular weight is 289 g/mol. The summed E-state index contributed by atoms with van der Waals surface area (Å²) in [6.45, 7) is 3.19. The van der Waals surface area contributed by atoms with Gasteiger partial charge in [0.05, 0.1) is 12.5 Å². The van der Waals surface area contributed by atoms with Crippen LogP contribution in [0.5, 0.6) is 0 Å². The van der Waals surface area contributed by atoms with E-state index in [1.165, 1.54) is 42.5 Å². The number of rotatable bonds is 5. The molecule has 0 radical (unpaired) electrons. The number of furan rings is 1. The van der Waals surface area contributed by atoms with Crippen molar-refractivity contribution in [1.29, 1.82) is 0 Å². The number of hydrogen-bond donors (Lipinski definition) is 1. The number of hydrogen-bond acceptors (Lipinski definition) is 3. The summed E-state index contributed by atoms with van der Waals surface area (Å²) < 4.78 is 5.20. The molecule has 2 heterocycles. The quantitative estimate of drug-likeness (QED) is 0.820. The van der Waals surface area contributed by atoms with E-state index in [1.54, 1.807) is 16.7 Å². The number of likely N-dealkylation sites (N-methyl/N-ethyl adjacent to an activating group) is 1. The van der Waals surface area contributed by atoms with E-state index < -0.39 is 0 Å². The zero-order valence-corrected chi connectivity index (χ0v) is 13.0. The van der Waals surface area contributed by atoms with Crippen molar-refractivity contribution < 1.29 is 4.42 Å². The SMILES string of the molecule is CCNC(Cc1ccoc1)c1cc2c(s1)CCCCC2. The van der Waals surface area contributed by atoms with Gasteiger partial charge in [0.25, 0.3) is 0 Å². The molecular weight excluding hydrogens is 266 g/mol. The van der Waals surface area contributed by atoms with E-state index in [-0.39, 0.29) is 0 Å². The van der Waals surface area contributed by atoms with Crippen LogP contribution in [0, 0.1) is 0 Å². The Bertz CT molecular complexity index is 506. The second-order valence-corrected chi connectivity index (χ2v) is 6.77. The molecule has 1 aliphatic rings. The van der Waals surface area contributed by atoms with Crippen LogP contribution in [0.1, 0.15) is 53.1 Å². The lowest BCUT2D eigenvalue weighted by molar-refractivity contribution is 0.539. The standard InChI is InChI=1S/C17H23NOS/c1-2-18-15(10-13-8-9-19-12-13)17-11-14-6-4-3-5-7-16(14)20-17/h8-9,11-12,15,18H,2-7,10H2,1H3. The third-order valence-electron chi connectivity index (χ3n) is 4.08. The molecule has 0 saturated heterocycles. The van der Waals surface area contributed by atoms with Crippen LogP contribution in [-0.4, -0.2) is 6.54 Å². The second-order valence-electron chi connectivity index (χ2n) is 5.60. The van der Waals surface area contributed by atoms with Crippen molar-refractivity contribution in [3.63, 3.8) is 0 Å². The van der Waals surface area contributed by atoms with E-state index in [1.807, 2.05) is 17.6 Å². The normalized spacial score (nSPS) is 16.6. The van der Waals surface area contributed by atoms with E-state index in [9.17, 15) is 0 Å². The Labute approximate surface area is 125 Å². The third kappa shape index (κ3) is 3.15. The molecule has 0 amide bonds. The van der Waals surface area contributed by atoms with Gasteiger partial charge in [-0.25, -0.2) is 0 Å². The summed E-state index contributed by atoms with van der Waals surface area (Å²) in [7, 11) is 0. The van der Waals surface area contributed by atoms with Gasteiger partial charge in [-0.1, -0.05) is 13.3 Å². The minimum atomic E-state index is 0.425. The molecule has 0 spiro atoms. The van der Waals surface area contributed by atoms with Gasteiger partial charge in [0.15, 0.2) is 0 Å².